The van der Waals surface area contributed by atoms with Gasteiger partial charge in [0.05, 0.1) is 7.11 Å². The first-order valence-corrected chi connectivity index (χ1v) is 6.80. The minimum Gasteiger partial charge on any atom is -0.497 e. The Kier molecular flexibility index (Phi) is 3.37. The van der Waals surface area contributed by atoms with E-state index >= 15 is 0 Å². The number of ether oxygens (including phenoxy) is 1. The summed E-state index contributed by atoms with van der Waals surface area (Å²) in [5.41, 5.74) is 5.70. The molecule has 0 atom stereocenters. The lowest BCUT2D eigenvalue weighted by molar-refractivity contribution is 0.415. The Morgan fingerprint density at radius 1 is 0.737 bits per heavy atom. The van der Waals surface area contributed by atoms with E-state index in [2.05, 4.69) is 42.5 Å². The molecule has 1 heteroatoms. The van der Waals surface area contributed by atoms with Gasteiger partial charge in [-0.15, -0.1) is 0 Å². The molecule has 1 aliphatic rings. The van der Waals surface area contributed by atoms with Gasteiger partial charge in [0.15, 0.2) is 0 Å². The van der Waals surface area contributed by atoms with Gasteiger partial charge >= 0.3 is 0 Å². The van der Waals surface area contributed by atoms with Crippen molar-refractivity contribution in [3.8, 4) is 5.75 Å². The lowest BCUT2D eigenvalue weighted by Crippen LogP contribution is -1.87. The highest BCUT2D eigenvalue weighted by molar-refractivity contribution is 5.92. The number of hydrogen-bond donors (Lipinski definition) is 0. The molecule has 0 spiro atoms. The zero-order valence-corrected chi connectivity index (χ0v) is 11.2. The van der Waals surface area contributed by atoms with Crippen LogP contribution in [-0.2, 0) is 0 Å². The molecule has 0 heterocycles. The van der Waals surface area contributed by atoms with Gasteiger partial charge in [-0.2, -0.15) is 0 Å². The van der Waals surface area contributed by atoms with Gasteiger partial charge in [0, 0.05) is 0 Å². The molecule has 1 nitrogen and oxygen atoms in total. The molecule has 0 radical (unpaired) electrons. The quantitative estimate of drug-likeness (QED) is 0.761. The van der Waals surface area contributed by atoms with Crippen molar-refractivity contribution in [1.82, 2.24) is 0 Å². The molecule has 0 unspecified atom stereocenters. The highest BCUT2D eigenvalue weighted by Gasteiger charge is 2.17. The van der Waals surface area contributed by atoms with Gasteiger partial charge < -0.3 is 4.74 Å². The van der Waals surface area contributed by atoms with Crippen molar-refractivity contribution in [2.45, 2.75) is 19.3 Å². The maximum atomic E-state index is 5.23. The van der Waals surface area contributed by atoms with Crippen LogP contribution >= 0.6 is 0 Å². The molecule has 0 saturated heterocycles. The smallest absolute Gasteiger partial charge is 0.118 e. The van der Waals surface area contributed by atoms with E-state index in [1.807, 2.05) is 12.1 Å². The van der Waals surface area contributed by atoms with Gasteiger partial charge in [-0.3, -0.25) is 0 Å². The highest BCUT2D eigenvalue weighted by atomic mass is 16.5. The SMILES string of the molecule is COc1ccc(C2=C(c3ccccc3)CCC2)cc1. The Morgan fingerprint density at radius 3 is 1.89 bits per heavy atom. The Morgan fingerprint density at radius 2 is 1.32 bits per heavy atom. The molecule has 0 bridgehead atoms. The van der Waals surface area contributed by atoms with Crippen molar-refractivity contribution in [3.63, 3.8) is 0 Å². The first-order valence-electron chi connectivity index (χ1n) is 6.80. The second-order valence-electron chi connectivity index (χ2n) is 4.91. The third-order valence-corrected chi connectivity index (χ3v) is 3.78. The van der Waals surface area contributed by atoms with E-state index in [4.69, 9.17) is 4.74 Å². The van der Waals surface area contributed by atoms with Gasteiger partial charge in [-0.1, -0.05) is 42.5 Å². The Balaban J connectivity index is 2.01. The first kappa shape index (κ1) is 12.0. The fourth-order valence-corrected chi connectivity index (χ4v) is 2.81. The van der Waals surface area contributed by atoms with Crippen LogP contribution in [0.25, 0.3) is 11.1 Å². The maximum Gasteiger partial charge on any atom is 0.118 e. The van der Waals surface area contributed by atoms with E-state index in [1.165, 1.54) is 41.5 Å². The Hall–Kier alpha value is -2.02. The molecule has 1 aliphatic carbocycles. The molecule has 0 amide bonds. The van der Waals surface area contributed by atoms with Crippen LogP contribution in [0.15, 0.2) is 54.6 Å². The van der Waals surface area contributed by atoms with Gasteiger partial charge in [-0.25, -0.2) is 0 Å². The van der Waals surface area contributed by atoms with Crippen LogP contribution in [0, 0.1) is 0 Å². The molecule has 2 aromatic rings. The number of benzene rings is 2. The summed E-state index contributed by atoms with van der Waals surface area (Å²) in [6, 6.07) is 19.2. The summed E-state index contributed by atoms with van der Waals surface area (Å²) in [4.78, 5) is 0. The zero-order chi connectivity index (χ0) is 13.1. The van der Waals surface area contributed by atoms with E-state index in [9.17, 15) is 0 Å². The molecule has 0 saturated carbocycles. The maximum absolute atomic E-state index is 5.23. The summed E-state index contributed by atoms with van der Waals surface area (Å²) in [5.74, 6) is 0.920. The Labute approximate surface area is 114 Å². The van der Waals surface area contributed by atoms with Gasteiger partial charge in [0.25, 0.3) is 0 Å². The van der Waals surface area contributed by atoms with Gasteiger partial charge in [-0.05, 0) is 53.7 Å². The molecule has 0 aromatic heterocycles. The minimum atomic E-state index is 0.920. The summed E-state index contributed by atoms with van der Waals surface area (Å²) in [6.45, 7) is 0. The van der Waals surface area contributed by atoms with Crippen molar-refractivity contribution in [1.29, 1.82) is 0 Å². The first-order chi connectivity index (χ1) is 9.38. The second-order valence-corrected chi connectivity index (χ2v) is 4.91. The average Bonchev–Trinajstić information content (AvgIpc) is 2.98. The number of rotatable bonds is 3. The summed E-state index contributed by atoms with van der Waals surface area (Å²) < 4.78 is 5.23. The minimum absolute atomic E-state index is 0.920. The fourth-order valence-electron chi connectivity index (χ4n) is 2.81. The third kappa shape index (κ3) is 2.41. The highest BCUT2D eigenvalue weighted by Crippen LogP contribution is 2.39. The topological polar surface area (TPSA) is 9.23 Å². The summed E-state index contributed by atoms with van der Waals surface area (Å²) in [7, 11) is 1.71. The Bertz CT molecular complexity index is 579. The van der Waals surface area contributed by atoms with E-state index < -0.39 is 0 Å². The zero-order valence-electron chi connectivity index (χ0n) is 11.2. The van der Waals surface area contributed by atoms with Crippen LogP contribution in [0.2, 0.25) is 0 Å². The molecular weight excluding hydrogens is 232 g/mol. The largest absolute Gasteiger partial charge is 0.497 e. The lowest BCUT2D eigenvalue weighted by Gasteiger charge is -2.09. The number of methoxy groups -OCH3 is 1. The third-order valence-electron chi connectivity index (χ3n) is 3.78. The van der Waals surface area contributed by atoms with Crippen molar-refractivity contribution in [3.05, 3.63) is 65.7 Å². The molecule has 2 aromatic carbocycles. The number of hydrogen-bond acceptors (Lipinski definition) is 1. The van der Waals surface area contributed by atoms with Crippen LogP contribution < -0.4 is 4.74 Å². The van der Waals surface area contributed by atoms with Crippen molar-refractivity contribution < 1.29 is 4.74 Å². The second kappa shape index (κ2) is 5.31. The monoisotopic (exact) mass is 250 g/mol. The van der Waals surface area contributed by atoms with Crippen LogP contribution in [0.3, 0.4) is 0 Å². The summed E-state index contributed by atoms with van der Waals surface area (Å²) >= 11 is 0. The van der Waals surface area contributed by atoms with Gasteiger partial charge in [0.2, 0.25) is 0 Å². The predicted octanol–water partition coefficient (Wildman–Crippen LogP) is 4.79. The van der Waals surface area contributed by atoms with Crippen molar-refractivity contribution in [2.75, 3.05) is 7.11 Å². The van der Waals surface area contributed by atoms with E-state index in [0.29, 0.717) is 0 Å². The normalized spacial score (nSPS) is 14.8. The van der Waals surface area contributed by atoms with Crippen LogP contribution in [-0.4, -0.2) is 7.11 Å². The molecule has 19 heavy (non-hydrogen) atoms. The van der Waals surface area contributed by atoms with Crippen LogP contribution in [0.1, 0.15) is 30.4 Å². The summed E-state index contributed by atoms with van der Waals surface area (Å²) in [5, 5.41) is 0. The molecule has 0 fully saturated rings. The van der Waals surface area contributed by atoms with Gasteiger partial charge in [0.1, 0.15) is 5.75 Å². The molecule has 96 valence electrons. The van der Waals surface area contributed by atoms with Crippen LogP contribution in [0.4, 0.5) is 0 Å². The standard InChI is InChI=1S/C18H18O/c1-19-16-12-10-15(11-13-16)18-9-5-8-17(18)14-6-3-2-4-7-14/h2-4,6-7,10-13H,5,8-9H2,1H3. The fraction of sp³-hybridized carbons (Fsp3) is 0.222. The predicted molar refractivity (Wildman–Crippen MR) is 80.1 cm³/mol. The lowest BCUT2D eigenvalue weighted by atomic mass is 9.97. The van der Waals surface area contributed by atoms with E-state index in [0.717, 1.165) is 5.75 Å². The molecule has 0 N–H and O–H groups in total. The average molecular weight is 250 g/mol. The number of allylic oxidation sites excluding steroid dienone is 2. The van der Waals surface area contributed by atoms with E-state index in [-0.39, 0.29) is 0 Å². The molecule has 3 rings (SSSR count). The molecule has 0 aliphatic heterocycles. The van der Waals surface area contributed by atoms with Crippen molar-refractivity contribution >= 4 is 11.1 Å². The van der Waals surface area contributed by atoms with Crippen molar-refractivity contribution in [2.24, 2.45) is 0 Å². The van der Waals surface area contributed by atoms with Crippen LogP contribution in [0.5, 0.6) is 5.75 Å². The summed E-state index contributed by atoms with van der Waals surface area (Å²) in [6.07, 6.45) is 3.62. The van der Waals surface area contributed by atoms with E-state index in [1.54, 1.807) is 7.11 Å². The molecular formula is C18H18O.